The van der Waals surface area contributed by atoms with E-state index >= 15 is 0 Å². The second kappa shape index (κ2) is 4.11. The first-order chi connectivity index (χ1) is 9.11. The van der Waals surface area contributed by atoms with E-state index in [-0.39, 0.29) is 12.4 Å². The van der Waals surface area contributed by atoms with E-state index in [1.54, 1.807) is 12.1 Å². The lowest BCUT2D eigenvalue weighted by Crippen LogP contribution is -2.22. The molecule has 19 heavy (non-hydrogen) atoms. The Morgan fingerprint density at radius 2 is 2.05 bits per heavy atom. The highest BCUT2D eigenvalue weighted by Gasteiger charge is 2.51. The average molecular weight is 262 g/mol. The summed E-state index contributed by atoms with van der Waals surface area (Å²) in [6.45, 7) is 0.238. The van der Waals surface area contributed by atoms with Crippen LogP contribution < -0.4 is 0 Å². The lowest BCUT2D eigenvalue weighted by Gasteiger charge is -2.10. The molecule has 0 aliphatic heterocycles. The number of carboxylic acid groups (broad SMARTS) is 1. The Bertz CT molecular complexity index is 619. The summed E-state index contributed by atoms with van der Waals surface area (Å²) < 4.78 is 14.3. The number of hydrogen-bond donors (Lipinski definition) is 1. The first-order valence-corrected chi connectivity index (χ1v) is 5.86. The fraction of sp³-hybridized carbons (Fsp3) is 0.333. The van der Waals surface area contributed by atoms with Crippen molar-refractivity contribution >= 4 is 5.97 Å². The Kier molecular flexibility index (Phi) is 2.55. The monoisotopic (exact) mass is 262 g/mol. The molecule has 2 aromatic rings. The molecule has 0 saturated heterocycles. The van der Waals surface area contributed by atoms with Gasteiger partial charge in [-0.3, -0.25) is 4.79 Å². The Hall–Kier alpha value is -2.31. The van der Waals surface area contributed by atoms with Crippen LogP contribution in [0.3, 0.4) is 0 Å². The highest BCUT2D eigenvalue weighted by molar-refractivity contribution is 5.77. The number of rotatable bonds is 4. The van der Waals surface area contributed by atoms with Gasteiger partial charge in [0.2, 0.25) is 0 Å². The number of aromatic nitrogens is 4. The molecule has 98 valence electrons. The van der Waals surface area contributed by atoms with Crippen molar-refractivity contribution in [3.63, 3.8) is 0 Å². The molecule has 1 N–H and O–H groups in total. The molecule has 1 aliphatic rings. The van der Waals surface area contributed by atoms with Gasteiger partial charge in [0, 0.05) is 5.56 Å². The Morgan fingerprint density at radius 3 is 2.63 bits per heavy atom. The van der Waals surface area contributed by atoms with Crippen LogP contribution in [0.2, 0.25) is 0 Å². The van der Waals surface area contributed by atoms with Crippen LogP contribution in [0.15, 0.2) is 24.3 Å². The number of hydrogen-bond acceptors (Lipinski definition) is 4. The minimum Gasteiger partial charge on any atom is -0.481 e. The summed E-state index contributed by atoms with van der Waals surface area (Å²) in [6.07, 6.45) is 1.26. The molecular formula is C12H11FN4O2. The highest BCUT2D eigenvalue weighted by atomic mass is 19.1. The van der Waals surface area contributed by atoms with Gasteiger partial charge in [-0.15, -0.1) is 5.10 Å². The fourth-order valence-electron chi connectivity index (χ4n) is 1.99. The van der Waals surface area contributed by atoms with Crippen LogP contribution in [0.4, 0.5) is 4.39 Å². The average Bonchev–Trinajstić information content (AvgIpc) is 3.03. The van der Waals surface area contributed by atoms with E-state index < -0.39 is 11.4 Å². The van der Waals surface area contributed by atoms with Crippen LogP contribution >= 0.6 is 0 Å². The number of aliphatic carboxylic acids is 1. The SMILES string of the molecule is O=C(O)C1(Cn2nnnc2-c2ccc(F)cc2)CC1. The van der Waals surface area contributed by atoms with E-state index in [1.165, 1.54) is 16.8 Å². The van der Waals surface area contributed by atoms with Crippen LogP contribution in [-0.2, 0) is 11.3 Å². The van der Waals surface area contributed by atoms with E-state index in [4.69, 9.17) is 5.11 Å². The normalized spacial score (nSPS) is 16.3. The number of carbonyl (C=O) groups is 1. The van der Waals surface area contributed by atoms with Gasteiger partial charge < -0.3 is 5.11 Å². The maximum absolute atomic E-state index is 12.9. The summed E-state index contributed by atoms with van der Waals surface area (Å²) in [5.41, 5.74) is -0.0861. The Balaban J connectivity index is 1.91. The molecule has 1 aromatic carbocycles. The lowest BCUT2D eigenvalue weighted by molar-refractivity contribution is -0.144. The van der Waals surface area contributed by atoms with E-state index in [1.807, 2.05) is 0 Å². The zero-order valence-corrected chi connectivity index (χ0v) is 9.95. The predicted molar refractivity (Wildman–Crippen MR) is 62.5 cm³/mol. The molecule has 6 nitrogen and oxygen atoms in total. The van der Waals surface area contributed by atoms with Crippen LogP contribution in [0.1, 0.15) is 12.8 Å². The quantitative estimate of drug-likeness (QED) is 0.899. The minimum atomic E-state index is -0.826. The summed E-state index contributed by atoms with van der Waals surface area (Å²) in [4.78, 5) is 11.2. The summed E-state index contributed by atoms with van der Waals surface area (Å²) >= 11 is 0. The van der Waals surface area contributed by atoms with Crippen molar-refractivity contribution in [2.45, 2.75) is 19.4 Å². The van der Waals surface area contributed by atoms with Crippen LogP contribution in [-0.4, -0.2) is 31.3 Å². The number of carboxylic acids is 1. The standard InChI is InChI=1S/C12H11FN4O2/c13-9-3-1-8(2-4-9)10-14-15-16-17(10)7-12(5-6-12)11(18)19/h1-4H,5-7H2,(H,18,19). The summed E-state index contributed by atoms with van der Waals surface area (Å²) in [5.74, 6) is -0.715. The van der Waals surface area contributed by atoms with Crippen molar-refractivity contribution in [3.8, 4) is 11.4 Å². The second-order valence-electron chi connectivity index (χ2n) is 4.75. The van der Waals surface area contributed by atoms with Crippen molar-refractivity contribution in [1.29, 1.82) is 0 Å². The first kappa shape index (κ1) is 11.8. The minimum absolute atomic E-state index is 0.238. The number of halogens is 1. The largest absolute Gasteiger partial charge is 0.481 e. The molecule has 0 radical (unpaired) electrons. The number of nitrogens with zero attached hydrogens (tertiary/aromatic N) is 4. The van der Waals surface area contributed by atoms with Gasteiger partial charge in [0.1, 0.15) is 5.82 Å². The van der Waals surface area contributed by atoms with Gasteiger partial charge in [-0.25, -0.2) is 9.07 Å². The molecule has 7 heteroatoms. The predicted octanol–water partition coefficient (Wildman–Crippen LogP) is 1.34. The zero-order valence-electron chi connectivity index (χ0n) is 9.95. The van der Waals surface area contributed by atoms with E-state index in [0.29, 0.717) is 24.2 Å². The molecular weight excluding hydrogens is 251 g/mol. The fourth-order valence-corrected chi connectivity index (χ4v) is 1.99. The second-order valence-corrected chi connectivity index (χ2v) is 4.75. The van der Waals surface area contributed by atoms with Gasteiger partial charge in [-0.1, -0.05) is 0 Å². The Morgan fingerprint density at radius 1 is 1.37 bits per heavy atom. The molecule has 1 heterocycles. The van der Waals surface area contributed by atoms with Gasteiger partial charge in [-0.2, -0.15) is 0 Å². The van der Waals surface area contributed by atoms with Crippen LogP contribution in [0.5, 0.6) is 0 Å². The number of benzene rings is 1. The van der Waals surface area contributed by atoms with Gasteiger partial charge in [0.05, 0.1) is 12.0 Å². The van der Waals surface area contributed by atoms with Crippen LogP contribution in [0, 0.1) is 11.2 Å². The molecule has 0 bridgehead atoms. The van der Waals surface area contributed by atoms with E-state index in [2.05, 4.69) is 15.5 Å². The van der Waals surface area contributed by atoms with Gasteiger partial charge in [0.25, 0.3) is 0 Å². The molecule has 1 fully saturated rings. The van der Waals surface area contributed by atoms with Gasteiger partial charge >= 0.3 is 5.97 Å². The molecule has 1 saturated carbocycles. The summed E-state index contributed by atoms with van der Waals surface area (Å²) in [7, 11) is 0. The third-order valence-corrected chi connectivity index (χ3v) is 3.39. The maximum atomic E-state index is 12.9. The van der Waals surface area contributed by atoms with Crippen molar-refractivity contribution in [1.82, 2.24) is 20.2 Å². The molecule has 0 amide bonds. The van der Waals surface area contributed by atoms with Gasteiger partial charge in [0.15, 0.2) is 5.82 Å². The molecule has 3 rings (SSSR count). The molecule has 0 atom stereocenters. The molecule has 1 aromatic heterocycles. The topological polar surface area (TPSA) is 80.9 Å². The molecule has 0 spiro atoms. The van der Waals surface area contributed by atoms with E-state index in [0.717, 1.165) is 0 Å². The first-order valence-electron chi connectivity index (χ1n) is 5.86. The van der Waals surface area contributed by atoms with Crippen molar-refractivity contribution in [3.05, 3.63) is 30.1 Å². The number of tetrazole rings is 1. The molecule has 0 unspecified atom stereocenters. The maximum Gasteiger partial charge on any atom is 0.311 e. The van der Waals surface area contributed by atoms with Crippen molar-refractivity contribution in [2.24, 2.45) is 5.41 Å². The third-order valence-electron chi connectivity index (χ3n) is 3.39. The summed E-state index contributed by atoms with van der Waals surface area (Å²) in [5, 5.41) is 20.4. The highest BCUT2D eigenvalue weighted by Crippen LogP contribution is 2.47. The Labute approximate surface area is 107 Å². The lowest BCUT2D eigenvalue weighted by atomic mass is 10.1. The van der Waals surface area contributed by atoms with Crippen LogP contribution in [0.25, 0.3) is 11.4 Å². The van der Waals surface area contributed by atoms with E-state index in [9.17, 15) is 9.18 Å². The van der Waals surface area contributed by atoms with Crippen molar-refractivity contribution in [2.75, 3.05) is 0 Å². The van der Waals surface area contributed by atoms with Gasteiger partial charge in [-0.05, 0) is 47.5 Å². The van der Waals surface area contributed by atoms with Crippen molar-refractivity contribution < 1.29 is 14.3 Å². The molecule has 1 aliphatic carbocycles. The zero-order chi connectivity index (χ0) is 13.5. The third kappa shape index (κ3) is 2.07. The smallest absolute Gasteiger partial charge is 0.311 e. The summed E-state index contributed by atoms with van der Waals surface area (Å²) in [6, 6.07) is 5.77.